The van der Waals surface area contributed by atoms with Crippen LogP contribution < -0.4 is 15.8 Å². The van der Waals surface area contributed by atoms with Crippen LogP contribution in [0.4, 0.5) is 11.5 Å². The molecule has 0 aliphatic rings. The Morgan fingerprint density at radius 2 is 2.19 bits per heavy atom. The van der Waals surface area contributed by atoms with E-state index in [1.54, 1.807) is 0 Å². The van der Waals surface area contributed by atoms with E-state index in [4.69, 9.17) is 10.5 Å². The van der Waals surface area contributed by atoms with Crippen molar-refractivity contribution in [3.8, 4) is 5.88 Å². The summed E-state index contributed by atoms with van der Waals surface area (Å²) >= 11 is 0. The number of nitrogens with zero attached hydrogens (tertiary/aromatic N) is 1. The fourth-order valence-electron chi connectivity index (χ4n) is 1.29. The van der Waals surface area contributed by atoms with Crippen molar-refractivity contribution in [3.05, 3.63) is 12.1 Å². The van der Waals surface area contributed by atoms with E-state index in [1.165, 1.54) is 0 Å². The largest absolute Gasteiger partial charge is 0.476 e. The molecular weight excluding hydrogens is 202 g/mol. The van der Waals surface area contributed by atoms with E-state index < -0.39 is 0 Å². The number of nitrogen functional groups attached to an aromatic ring is 1. The molecule has 0 aliphatic carbocycles. The molecule has 3 N–H and O–H groups in total. The summed E-state index contributed by atoms with van der Waals surface area (Å²) in [6.45, 7) is 7.81. The third kappa shape index (κ3) is 3.96. The van der Waals surface area contributed by atoms with E-state index in [-0.39, 0.29) is 0 Å². The molecule has 4 nitrogen and oxygen atoms in total. The highest BCUT2D eigenvalue weighted by Crippen LogP contribution is 2.20. The second-order valence-corrected chi connectivity index (χ2v) is 4.13. The molecule has 0 radical (unpaired) electrons. The highest BCUT2D eigenvalue weighted by molar-refractivity contribution is 5.53. The molecule has 0 amide bonds. The zero-order valence-electron chi connectivity index (χ0n) is 10.3. The lowest BCUT2D eigenvalue weighted by molar-refractivity contribution is 0.329. The van der Waals surface area contributed by atoms with Gasteiger partial charge in [-0.15, -0.1) is 0 Å². The number of aromatic nitrogens is 1. The van der Waals surface area contributed by atoms with Gasteiger partial charge in [0, 0.05) is 6.54 Å². The minimum atomic E-state index is 0.511. The molecule has 4 heteroatoms. The van der Waals surface area contributed by atoms with Crippen LogP contribution in [0, 0.1) is 5.92 Å². The highest BCUT2D eigenvalue weighted by Gasteiger charge is 2.03. The average Bonchev–Trinajstić information content (AvgIpc) is 2.22. The lowest BCUT2D eigenvalue weighted by Crippen LogP contribution is -2.07. The minimum Gasteiger partial charge on any atom is -0.476 e. The summed E-state index contributed by atoms with van der Waals surface area (Å²) in [5.41, 5.74) is 6.32. The number of hydrogen-bond acceptors (Lipinski definition) is 4. The zero-order chi connectivity index (χ0) is 12.0. The molecule has 1 aromatic rings. The molecule has 16 heavy (non-hydrogen) atoms. The van der Waals surface area contributed by atoms with Crippen LogP contribution in [-0.2, 0) is 0 Å². The fourth-order valence-corrected chi connectivity index (χ4v) is 1.29. The third-order valence-electron chi connectivity index (χ3n) is 2.20. The standard InChI is InChI=1S/C12H21N3O/c1-4-16-12-10(13)5-6-11(15-12)14-8-7-9(2)3/h5-6,9H,4,7-8,13H2,1-3H3,(H,14,15). The van der Waals surface area contributed by atoms with Gasteiger partial charge in [0.15, 0.2) is 0 Å². The molecule has 0 spiro atoms. The van der Waals surface area contributed by atoms with Crippen molar-refractivity contribution in [1.29, 1.82) is 0 Å². The van der Waals surface area contributed by atoms with Crippen LogP contribution in [0.15, 0.2) is 12.1 Å². The Kier molecular flexibility index (Phi) is 4.89. The van der Waals surface area contributed by atoms with Crippen molar-refractivity contribution in [2.75, 3.05) is 24.2 Å². The SMILES string of the molecule is CCOc1nc(NCCC(C)C)ccc1N. The number of nitrogens with two attached hydrogens (primary N) is 1. The Bertz CT molecular complexity index is 326. The van der Waals surface area contributed by atoms with Gasteiger partial charge in [-0.05, 0) is 31.4 Å². The van der Waals surface area contributed by atoms with Crippen molar-refractivity contribution in [3.63, 3.8) is 0 Å². The first-order valence-corrected chi connectivity index (χ1v) is 5.76. The lowest BCUT2D eigenvalue weighted by atomic mass is 10.1. The van der Waals surface area contributed by atoms with Gasteiger partial charge < -0.3 is 15.8 Å². The Balaban J connectivity index is 2.56. The van der Waals surface area contributed by atoms with Crippen molar-refractivity contribution < 1.29 is 4.74 Å². The van der Waals surface area contributed by atoms with Gasteiger partial charge in [0.05, 0.1) is 12.3 Å². The van der Waals surface area contributed by atoms with Crippen LogP contribution in [-0.4, -0.2) is 18.1 Å². The maximum absolute atomic E-state index is 5.74. The first-order chi connectivity index (χ1) is 7.63. The summed E-state index contributed by atoms with van der Waals surface area (Å²) in [5.74, 6) is 2.02. The number of ether oxygens (including phenoxy) is 1. The van der Waals surface area contributed by atoms with E-state index in [1.807, 2.05) is 19.1 Å². The van der Waals surface area contributed by atoms with Crippen LogP contribution in [0.2, 0.25) is 0 Å². The summed E-state index contributed by atoms with van der Waals surface area (Å²) in [4.78, 5) is 4.30. The second kappa shape index (κ2) is 6.20. The van der Waals surface area contributed by atoms with E-state index in [2.05, 4.69) is 24.1 Å². The first kappa shape index (κ1) is 12.6. The molecule has 0 saturated carbocycles. The van der Waals surface area contributed by atoms with Gasteiger partial charge in [0.25, 0.3) is 0 Å². The zero-order valence-corrected chi connectivity index (χ0v) is 10.3. The van der Waals surface area contributed by atoms with Gasteiger partial charge in [0.1, 0.15) is 5.82 Å². The lowest BCUT2D eigenvalue weighted by Gasteiger charge is -2.10. The Labute approximate surface area is 97.2 Å². The number of hydrogen-bond donors (Lipinski definition) is 2. The number of rotatable bonds is 6. The van der Waals surface area contributed by atoms with Gasteiger partial charge in [-0.1, -0.05) is 13.8 Å². The van der Waals surface area contributed by atoms with Crippen LogP contribution >= 0.6 is 0 Å². The normalized spacial score (nSPS) is 10.5. The smallest absolute Gasteiger partial charge is 0.239 e. The average molecular weight is 223 g/mol. The molecule has 1 heterocycles. The molecule has 0 atom stereocenters. The van der Waals surface area contributed by atoms with Crippen LogP contribution in [0.1, 0.15) is 27.2 Å². The first-order valence-electron chi connectivity index (χ1n) is 5.76. The molecule has 0 saturated heterocycles. The monoisotopic (exact) mass is 223 g/mol. The minimum absolute atomic E-state index is 0.511. The van der Waals surface area contributed by atoms with Gasteiger partial charge in [-0.2, -0.15) is 4.98 Å². The van der Waals surface area contributed by atoms with Crippen molar-refractivity contribution >= 4 is 11.5 Å². The summed E-state index contributed by atoms with van der Waals surface area (Å²) in [6, 6.07) is 3.69. The molecule has 90 valence electrons. The summed E-state index contributed by atoms with van der Waals surface area (Å²) in [7, 11) is 0. The van der Waals surface area contributed by atoms with Crippen LogP contribution in [0.3, 0.4) is 0 Å². The highest BCUT2D eigenvalue weighted by atomic mass is 16.5. The number of pyridine rings is 1. The van der Waals surface area contributed by atoms with E-state index in [9.17, 15) is 0 Å². The van der Waals surface area contributed by atoms with E-state index in [0.29, 0.717) is 24.1 Å². The molecule has 0 unspecified atom stereocenters. The molecule has 0 aliphatic heterocycles. The molecule has 0 aromatic carbocycles. The van der Waals surface area contributed by atoms with E-state index in [0.717, 1.165) is 18.8 Å². The third-order valence-corrected chi connectivity index (χ3v) is 2.20. The fraction of sp³-hybridized carbons (Fsp3) is 0.583. The van der Waals surface area contributed by atoms with Crippen molar-refractivity contribution in [1.82, 2.24) is 4.98 Å². The Morgan fingerprint density at radius 1 is 1.44 bits per heavy atom. The van der Waals surface area contributed by atoms with Crippen LogP contribution in [0.25, 0.3) is 0 Å². The topological polar surface area (TPSA) is 60.2 Å². The molecular formula is C12H21N3O. The van der Waals surface area contributed by atoms with E-state index >= 15 is 0 Å². The van der Waals surface area contributed by atoms with Gasteiger partial charge in [0.2, 0.25) is 5.88 Å². The predicted molar refractivity (Wildman–Crippen MR) is 67.8 cm³/mol. The number of nitrogens with one attached hydrogen (secondary N) is 1. The Morgan fingerprint density at radius 3 is 2.81 bits per heavy atom. The molecule has 1 rings (SSSR count). The molecule has 0 fully saturated rings. The quantitative estimate of drug-likeness (QED) is 0.778. The Hall–Kier alpha value is -1.45. The van der Waals surface area contributed by atoms with Crippen molar-refractivity contribution in [2.45, 2.75) is 27.2 Å². The second-order valence-electron chi connectivity index (χ2n) is 4.13. The number of anilines is 2. The predicted octanol–water partition coefficient (Wildman–Crippen LogP) is 2.52. The summed E-state index contributed by atoms with van der Waals surface area (Å²) in [6.07, 6.45) is 1.12. The van der Waals surface area contributed by atoms with Gasteiger partial charge >= 0.3 is 0 Å². The van der Waals surface area contributed by atoms with Crippen LogP contribution in [0.5, 0.6) is 5.88 Å². The van der Waals surface area contributed by atoms with Gasteiger partial charge in [-0.25, -0.2) is 0 Å². The summed E-state index contributed by atoms with van der Waals surface area (Å²) in [5, 5.41) is 3.26. The maximum atomic E-state index is 5.74. The van der Waals surface area contributed by atoms with Crippen molar-refractivity contribution in [2.24, 2.45) is 5.92 Å². The molecule has 0 bridgehead atoms. The summed E-state index contributed by atoms with van der Waals surface area (Å²) < 4.78 is 5.33. The van der Waals surface area contributed by atoms with Gasteiger partial charge in [-0.3, -0.25) is 0 Å². The molecule has 1 aromatic heterocycles. The maximum Gasteiger partial charge on any atom is 0.239 e.